The molecule has 1 aliphatic rings. The lowest BCUT2D eigenvalue weighted by Crippen LogP contribution is -2.20. The fraction of sp³-hybridized carbons (Fsp3) is 0.412. The van der Waals surface area contributed by atoms with E-state index < -0.39 is 5.97 Å². The zero-order chi connectivity index (χ0) is 14.1. The Hall–Kier alpha value is -1.90. The van der Waals surface area contributed by atoms with E-state index in [1.807, 2.05) is 0 Å². The van der Waals surface area contributed by atoms with Crippen molar-refractivity contribution in [3.05, 3.63) is 41.6 Å². The third-order valence-electron chi connectivity index (χ3n) is 4.36. The van der Waals surface area contributed by atoms with Gasteiger partial charge >= 0.3 is 5.97 Å². The molecule has 0 spiro atoms. The SMILES string of the molecule is Cc1ccc2nc(C3CCC(C(=O)O)CC3)ccc2c1. The molecule has 20 heavy (non-hydrogen) atoms. The van der Waals surface area contributed by atoms with E-state index in [9.17, 15) is 4.79 Å². The molecule has 0 bridgehead atoms. The topological polar surface area (TPSA) is 50.2 Å². The van der Waals surface area contributed by atoms with Gasteiger partial charge in [0.25, 0.3) is 0 Å². The number of aliphatic carboxylic acids is 1. The number of rotatable bonds is 2. The minimum atomic E-state index is -0.648. The molecule has 0 aliphatic heterocycles. The first kappa shape index (κ1) is 13.1. The minimum Gasteiger partial charge on any atom is -0.481 e. The Morgan fingerprint density at radius 3 is 2.60 bits per heavy atom. The number of carboxylic acid groups (broad SMARTS) is 1. The van der Waals surface area contributed by atoms with Crippen LogP contribution in [0.1, 0.15) is 42.9 Å². The van der Waals surface area contributed by atoms with E-state index in [1.54, 1.807) is 0 Å². The molecule has 1 aromatic heterocycles. The van der Waals surface area contributed by atoms with E-state index in [1.165, 1.54) is 10.9 Å². The first-order valence-corrected chi connectivity index (χ1v) is 7.23. The second kappa shape index (κ2) is 5.23. The molecule has 104 valence electrons. The number of benzene rings is 1. The highest BCUT2D eigenvalue weighted by atomic mass is 16.4. The van der Waals surface area contributed by atoms with E-state index in [0.29, 0.717) is 5.92 Å². The van der Waals surface area contributed by atoms with Crippen LogP contribution in [0.25, 0.3) is 10.9 Å². The van der Waals surface area contributed by atoms with Gasteiger partial charge in [0.05, 0.1) is 11.4 Å². The van der Waals surface area contributed by atoms with Gasteiger partial charge in [0.1, 0.15) is 0 Å². The fourth-order valence-corrected chi connectivity index (χ4v) is 3.12. The highest BCUT2D eigenvalue weighted by molar-refractivity contribution is 5.79. The fourth-order valence-electron chi connectivity index (χ4n) is 3.12. The number of nitrogens with zero attached hydrogens (tertiary/aromatic N) is 1. The number of aromatic nitrogens is 1. The Bertz CT molecular complexity index is 642. The smallest absolute Gasteiger partial charge is 0.306 e. The molecule has 3 nitrogen and oxygen atoms in total. The van der Waals surface area contributed by atoms with Crippen molar-refractivity contribution < 1.29 is 9.90 Å². The second-order valence-electron chi connectivity index (χ2n) is 5.82. The molecule has 3 heteroatoms. The average Bonchev–Trinajstić information content (AvgIpc) is 2.47. The number of hydrogen-bond acceptors (Lipinski definition) is 2. The molecule has 0 amide bonds. The van der Waals surface area contributed by atoms with Crippen LogP contribution in [0, 0.1) is 12.8 Å². The van der Waals surface area contributed by atoms with Gasteiger partial charge in [-0.15, -0.1) is 0 Å². The predicted octanol–water partition coefficient (Wildman–Crippen LogP) is 3.90. The highest BCUT2D eigenvalue weighted by Crippen LogP contribution is 2.35. The molecule has 1 heterocycles. The first-order chi connectivity index (χ1) is 9.63. The zero-order valence-electron chi connectivity index (χ0n) is 11.7. The molecule has 1 N–H and O–H groups in total. The molecule has 2 aromatic rings. The van der Waals surface area contributed by atoms with Crippen molar-refractivity contribution in [3.8, 4) is 0 Å². The summed E-state index contributed by atoms with van der Waals surface area (Å²) in [6, 6.07) is 10.5. The lowest BCUT2D eigenvalue weighted by Gasteiger charge is -2.25. The van der Waals surface area contributed by atoms with Gasteiger partial charge in [-0.25, -0.2) is 0 Å². The minimum absolute atomic E-state index is 0.158. The van der Waals surface area contributed by atoms with Gasteiger partial charge in [-0.3, -0.25) is 9.78 Å². The number of fused-ring (bicyclic) bond motifs is 1. The monoisotopic (exact) mass is 269 g/mol. The van der Waals surface area contributed by atoms with Crippen LogP contribution in [0.15, 0.2) is 30.3 Å². The molecule has 1 fully saturated rings. The highest BCUT2D eigenvalue weighted by Gasteiger charge is 2.27. The van der Waals surface area contributed by atoms with E-state index >= 15 is 0 Å². The van der Waals surface area contributed by atoms with Crippen molar-refractivity contribution in [3.63, 3.8) is 0 Å². The standard InChI is InChI=1S/C17H19NO2/c1-11-2-8-16-14(10-11)7-9-15(18-16)12-3-5-13(6-4-12)17(19)20/h2,7-10,12-13H,3-6H2,1H3,(H,19,20). The van der Waals surface area contributed by atoms with Gasteiger partial charge < -0.3 is 5.11 Å². The summed E-state index contributed by atoms with van der Waals surface area (Å²) < 4.78 is 0. The Morgan fingerprint density at radius 1 is 1.15 bits per heavy atom. The molecular formula is C17H19NO2. The van der Waals surface area contributed by atoms with Gasteiger partial charge in [0, 0.05) is 17.0 Å². The molecule has 0 unspecified atom stereocenters. The maximum Gasteiger partial charge on any atom is 0.306 e. The van der Waals surface area contributed by atoms with E-state index in [4.69, 9.17) is 10.1 Å². The largest absolute Gasteiger partial charge is 0.481 e. The lowest BCUT2D eigenvalue weighted by molar-refractivity contribution is -0.142. The van der Waals surface area contributed by atoms with Crippen LogP contribution in [0.5, 0.6) is 0 Å². The van der Waals surface area contributed by atoms with Gasteiger partial charge in [-0.2, -0.15) is 0 Å². The van der Waals surface area contributed by atoms with Crippen molar-refractivity contribution in [1.82, 2.24) is 4.98 Å². The van der Waals surface area contributed by atoms with Crippen LogP contribution in [-0.4, -0.2) is 16.1 Å². The molecule has 1 saturated carbocycles. The van der Waals surface area contributed by atoms with E-state index in [-0.39, 0.29) is 5.92 Å². The van der Waals surface area contributed by atoms with E-state index in [2.05, 4.69) is 37.3 Å². The number of carboxylic acids is 1. The summed E-state index contributed by atoms with van der Waals surface area (Å²) in [6.45, 7) is 2.08. The molecule has 1 aliphatic carbocycles. The summed E-state index contributed by atoms with van der Waals surface area (Å²) in [5.74, 6) is -0.393. The molecule has 0 saturated heterocycles. The Balaban J connectivity index is 1.81. The molecule has 0 radical (unpaired) electrons. The summed E-state index contributed by atoms with van der Waals surface area (Å²) in [6.07, 6.45) is 3.41. The van der Waals surface area contributed by atoms with Crippen molar-refractivity contribution in [1.29, 1.82) is 0 Å². The zero-order valence-corrected chi connectivity index (χ0v) is 11.7. The molecule has 1 aromatic carbocycles. The van der Waals surface area contributed by atoms with Gasteiger partial charge in [-0.1, -0.05) is 17.7 Å². The van der Waals surface area contributed by atoms with Crippen molar-refractivity contribution in [2.45, 2.75) is 38.5 Å². The van der Waals surface area contributed by atoms with Crippen LogP contribution in [0.4, 0.5) is 0 Å². The summed E-state index contributed by atoms with van der Waals surface area (Å²) in [7, 11) is 0. The van der Waals surface area contributed by atoms with Crippen LogP contribution >= 0.6 is 0 Å². The molecule has 0 atom stereocenters. The van der Waals surface area contributed by atoms with Crippen LogP contribution < -0.4 is 0 Å². The van der Waals surface area contributed by atoms with Gasteiger partial charge in [0.2, 0.25) is 0 Å². The summed E-state index contributed by atoms with van der Waals surface area (Å²) in [5, 5.41) is 10.2. The summed E-state index contributed by atoms with van der Waals surface area (Å²) >= 11 is 0. The van der Waals surface area contributed by atoms with Crippen LogP contribution in [0.3, 0.4) is 0 Å². The number of pyridine rings is 1. The molecule has 3 rings (SSSR count). The van der Waals surface area contributed by atoms with Crippen LogP contribution in [-0.2, 0) is 4.79 Å². The van der Waals surface area contributed by atoms with Crippen molar-refractivity contribution in [2.24, 2.45) is 5.92 Å². The Morgan fingerprint density at radius 2 is 1.90 bits per heavy atom. The third kappa shape index (κ3) is 2.53. The number of aryl methyl sites for hydroxylation is 1. The van der Waals surface area contributed by atoms with Crippen molar-refractivity contribution >= 4 is 16.9 Å². The second-order valence-corrected chi connectivity index (χ2v) is 5.82. The van der Waals surface area contributed by atoms with Crippen molar-refractivity contribution in [2.75, 3.05) is 0 Å². The maximum atomic E-state index is 11.0. The third-order valence-corrected chi connectivity index (χ3v) is 4.36. The number of carbonyl (C=O) groups is 1. The normalized spacial score (nSPS) is 22.9. The lowest BCUT2D eigenvalue weighted by atomic mass is 9.80. The maximum absolute atomic E-state index is 11.0. The van der Waals surface area contributed by atoms with Crippen LogP contribution in [0.2, 0.25) is 0 Å². The Kier molecular flexibility index (Phi) is 3.43. The van der Waals surface area contributed by atoms with Gasteiger partial charge in [0.15, 0.2) is 0 Å². The first-order valence-electron chi connectivity index (χ1n) is 7.23. The Labute approximate surface area is 118 Å². The quantitative estimate of drug-likeness (QED) is 0.899. The summed E-state index contributed by atoms with van der Waals surface area (Å²) in [4.78, 5) is 15.8. The van der Waals surface area contributed by atoms with E-state index in [0.717, 1.165) is 36.9 Å². The predicted molar refractivity (Wildman–Crippen MR) is 78.8 cm³/mol. The number of hydrogen-bond donors (Lipinski definition) is 1. The average molecular weight is 269 g/mol. The molecular weight excluding hydrogens is 250 g/mol. The summed E-state index contributed by atoms with van der Waals surface area (Å²) in [5.41, 5.74) is 3.40. The van der Waals surface area contributed by atoms with Gasteiger partial charge in [-0.05, 0) is 50.8 Å².